The summed E-state index contributed by atoms with van der Waals surface area (Å²) in [6, 6.07) is 14.6. The van der Waals surface area contributed by atoms with Crippen molar-refractivity contribution in [3.63, 3.8) is 0 Å². The molecule has 21 heavy (non-hydrogen) atoms. The molecule has 0 radical (unpaired) electrons. The number of hydrogen-bond donors (Lipinski definition) is 1. The molecule has 0 aliphatic carbocycles. The van der Waals surface area contributed by atoms with Gasteiger partial charge in [0.1, 0.15) is 0 Å². The molecule has 1 unspecified atom stereocenters. The third kappa shape index (κ3) is 3.02. The number of nitrogens with one attached hydrogen (secondary N) is 1. The Kier molecular flexibility index (Phi) is 4.65. The first-order valence-electron chi connectivity index (χ1n) is 6.85. The Morgan fingerprint density at radius 2 is 2.00 bits per heavy atom. The Hall–Kier alpha value is -0.870. The van der Waals surface area contributed by atoms with Crippen LogP contribution in [0.3, 0.4) is 0 Å². The van der Waals surface area contributed by atoms with Gasteiger partial charge in [0.25, 0.3) is 0 Å². The van der Waals surface area contributed by atoms with Gasteiger partial charge in [-0.15, -0.1) is 11.3 Å². The van der Waals surface area contributed by atoms with E-state index in [0.29, 0.717) is 0 Å². The summed E-state index contributed by atoms with van der Waals surface area (Å²) >= 11 is 11.6. The minimum Gasteiger partial charge on any atom is -0.306 e. The van der Waals surface area contributed by atoms with Crippen LogP contribution in [0, 0.1) is 0 Å². The van der Waals surface area contributed by atoms with Crippen LogP contribution in [0.5, 0.6) is 0 Å². The number of rotatable bonds is 4. The molecule has 0 saturated carbocycles. The van der Waals surface area contributed by atoms with Gasteiger partial charge >= 0.3 is 0 Å². The molecule has 0 aliphatic heterocycles. The molecule has 1 N–H and O–H groups in total. The minimum atomic E-state index is 0.138. The lowest BCUT2D eigenvalue weighted by atomic mass is 9.98. The van der Waals surface area contributed by atoms with Gasteiger partial charge in [0.05, 0.1) is 6.04 Å². The van der Waals surface area contributed by atoms with E-state index in [2.05, 4.69) is 57.8 Å². The summed E-state index contributed by atoms with van der Waals surface area (Å²) in [6.07, 6.45) is 0. The Labute approximate surface area is 142 Å². The maximum Gasteiger partial charge on any atom is 0.0602 e. The predicted molar refractivity (Wildman–Crippen MR) is 96.5 cm³/mol. The van der Waals surface area contributed by atoms with Gasteiger partial charge in [-0.25, -0.2) is 0 Å². The van der Waals surface area contributed by atoms with Crippen molar-refractivity contribution in [2.75, 3.05) is 6.54 Å². The number of benzene rings is 2. The molecule has 0 fully saturated rings. The normalized spacial score (nSPS) is 12.7. The lowest BCUT2D eigenvalue weighted by Gasteiger charge is -2.20. The molecule has 0 spiro atoms. The van der Waals surface area contributed by atoms with E-state index in [0.717, 1.165) is 16.0 Å². The first-order chi connectivity index (χ1) is 10.2. The van der Waals surface area contributed by atoms with Crippen molar-refractivity contribution in [2.45, 2.75) is 13.0 Å². The maximum atomic E-state index is 6.19. The topological polar surface area (TPSA) is 12.0 Å². The summed E-state index contributed by atoms with van der Waals surface area (Å²) in [5.74, 6) is 0. The monoisotopic (exact) mass is 379 g/mol. The molecule has 3 aromatic rings. The van der Waals surface area contributed by atoms with Crippen LogP contribution in [0.2, 0.25) is 5.02 Å². The van der Waals surface area contributed by atoms with E-state index >= 15 is 0 Å². The van der Waals surface area contributed by atoms with Gasteiger partial charge in [-0.3, -0.25) is 0 Å². The number of halogens is 2. The maximum absolute atomic E-state index is 6.19. The van der Waals surface area contributed by atoms with E-state index in [1.54, 1.807) is 11.3 Å². The number of fused-ring (bicyclic) bond motifs is 1. The third-order valence-electron chi connectivity index (χ3n) is 3.50. The van der Waals surface area contributed by atoms with E-state index in [1.807, 2.05) is 18.2 Å². The molecule has 1 heterocycles. The molecule has 2 aromatic carbocycles. The van der Waals surface area contributed by atoms with Gasteiger partial charge in [-0.1, -0.05) is 52.7 Å². The average Bonchev–Trinajstić information content (AvgIpc) is 2.91. The minimum absolute atomic E-state index is 0.138. The molecule has 1 atom stereocenters. The molecule has 1 nitrogen and oxygen atoms in total. The first-order valence-corrected chi connectivity index (χ1v) is 8.90. The molecular formula is C17H15BrClNS. The van der Waals surface area contributed by atoms with Crippen LogP contribution in [0.1, 0.15) is 24.1 Å². The second-order valence-corrected chi connectivity index (χ2v) is 7.05. The SMILES string of the molecule is CCNC(c1cc(Cl)ccc1Br)c1csc2ccccc12. The van der Waals surface area contributed by atoms with Crippen molar-refractivity contribution in [1.82, 2.24) is 5.32 Å². The second kappa shape index (κ2) is 6.49. The third-order valence-corrected chi connectivity index (χ3v) is 5.44. The largest absolute Gasteiger partial charge is 0.306 e. The molecule has 0 aliphatic rings. The summed E-state index contributed by atoms with van der Waals surface area (Å²) < 4.78 is 2.39. The van der Waals surface area contributed by atoms with Crippen LogP contribution in [0.15, 0.2) is 52.3 Å². The predicted octanol–water partition coefficient (Wildman–Crippen LogP) is 6.02. The Morgan fingerprint density at radius 1 is 1.19 bits per heavy atom. The van der Waals surface area contributed by atoms with E-state index < -0.39 is 0 Å². The molecule has 108 valence electrons. The average molecular weight is 381 g/mol. The fourth-order valence-corrected chi connectivity index (χ4v) is 4.19. The van der Waals surface area contributed by atoms with Gasteiger partial charge in [0.15, 0.2) is 0 Å². The summed E-state index contributed by atoms with van der Waals surface area (Å²) in [4.78, 5) is 0. The summed E-state index contributed by atoms with van der Waals surface area (Å²) in [6.45, 7) is 3.02. The molecule has 3 rings (SSSR count). The van der Waals surface area contributed by atoms with Crippen LogP contribution in [-0.4, -0.2) is 6.54 Å². The molecule has 0 saturated heterocycles. The Morgan fingerprint density at radius 3 is 2.81 bits per heavy atom. The van der Waals surface area contributed by atoms with Crippen LogP contribution < -0.4 is 5.32 Å². The van der Waals surface area contributed by atoms with Gasteiger partial charge < -0.3 is 5.32 Å². The number of thiophene rings is 1. The highest BCUT2D eigenvalue weighted by molar-refractivity contribution is 9.10. The molecule has 4 heteroatoms. The zero-order valence-corrected chi connectivity index (χ0v) is 14.7. The fourth-order valence-electron chi connectivity index (χ4n) is 2.55. The van der Waals surface area contributed by atoms with Crippen molar-refractivity contribution in [1.29, 1.82) is 0 Å². The van der Waals surface area contributed by atoms with Crippen molar-refractivity contribution >= 4 is 49.0 Å². The number of hydrogen-bond acceptors (Lipinski definition) is 2. The summed E-state index contributed by atoms with van der Waals surface area (Å²) in [5, 5.41) is 7.89. The lowest BCUT2D eigenvalue weighted by molar-refractivity contribution is 0.633. The molecule has 0 bridgehead atoms. The van der Waals surface area contributed by atoms with E-state index in [4.69, 9.17) is 11.6 Å². The zero-order chi connectivity index (χ0) is 14.8. The second-order valence-electron chi connectivity index (χ2n) is 4.84. The van der Waals surface area contributed by atoms with Crippen LogP contribution in [-0.2, 0) is 0 Å². The van der Waals surface area contributed by atoms with Crippen molar-refractivity contribution in [3.05, 3.63) is 68.5 Å². The van der Waals surface area contributed by atoms with E-state index in [1.165, 1.54) is 21.2 Å². The molecule has 0 amide bonds. The summed E-state index contributed by atoms with van der Waals surface area (Å²) in [5.41, 5.74) is 2.48. The zero-order valence-electron chi connectivity index (χ0n) is 11.6. The van der Waals surface area contributed by atoms with Crippen LogP contribution in [0.4, 0.5) is 0 Å². The Balaban J connectivity index is 2.15. The van der Waals surface area contributed by atoms with E-state index in [9.17, 15) is 0 Å². The quantitative estimate of drug-likeness (QED) is 0.584. The smallest absolute Gasteiger partial charge is 0.0602 e. The summed E-state index contributed by atoms with van der Waals surface area (Å²) in [7, 11) is 0. The molecule has 1 aromatic heterocycles. The van der Waals surface area contributed by atoms with Crippen LogP contribution in [0.25, 0.3) is 10.1 Å². The molecular weight excluding hydrogens is 366 g/mol. The lowest BCUT2D eigenvalue weighted by Crippen LogP contribution is -2.22. The van der Waals surface area contributed by atoms with Gasteiger partial charge in [-0.05, 0) is 52.7 Å². The highest BCUT2D eigenvalue weighted by atomic mass is 79.9. The van der Waals surface area contributed by atoms with Crippen molar-refractivity contribution in [3.8, 4) is 0 Å². The van der Waals surface area contributed by atoms with Gasteiger partial charge in [-0.2, -0.15) is 0 Å². The van der Waals surface area contributed by atoms with Crippen molar-refractivity contribution < 1.29 is 0 Å². The highest BCUT2D eigenvalue weighted by Gasteiger charge is 2.19. The highest BCUT2D eigenvalue weighted by Crippen LogP contribution is 2.37. The standard InChI is InChI=1S/C17H15BrClNS/c1-2-20-17(13-9-11(19)7-8-15(13)18)14-10-21-16-6-4-3-5-12(14)16/h3-10,17,20H,2H2,1H3. The van der Waals surface area contributed by atoms with Crippen LogP contribution >= 0.6 is 38.9 Å². The first kappa shape index (κ1) is 15.0. The fraction of sp³-hybridized carbons (Fsp3) is 0.176. The van der Waals surface area contributed by atoms with Crippen molar-refractivity contribution in [2.24, 2.45) is 0 Å². The van der Waals surface area contributed by atoms with E-state index in [-0.39, 0.29) is 6.04 Å². The Bertz CT molecular complexity index is 768. The van der Waals surface area contributed by atoms with Gasteiger partial charge in [0.2, 0.25) is 0 Å². The van der Waals surface area contributed by atoms with Gasteiger partial charge in [0, 0.05) is 14.2 Å².